The second kappa shape index (κ2) is 7.41. The molecule has 34 heavy (non-hydrogen) atoms. The van der Waals surface area contributed by atoms with E-state index < -0.39 is 0 Å². The molecule has 160 valence electrons. The summed E-state index contributed by atoms with van der Waals surface area (Å²) in [6.07, 6.45) is 1.40. The zero-order chi connectivity index (χ0) is 22.6. The summed E-state index contributed by atoms with van der Waals surface area (Å²) in [7, 11) is 0. The Kier molecular flexibility index (Phi) is 4.20. The Hall–Kier alpha value is -4.21. The third-order valence-electron chi connectivity index (χ3n) is 6.68. The van der Waals surface area contributed by atoms with E-state index in [0.717, 1.165) is 11.3 Å². The van der Waals surface area contributed by atoms with Crippen molar-refractivity contribution in [1.82, 2.24) is 4.57 Å². The Balaban J connectivity index is 1.52. The van der Waals surface area contributed by atoms with E-state index in [1.165, 1.54) is 59.3 Å². The van der Waals surface area contributed by atoms with Gasteiger partial charge in [0, 0.05) is 42.8 Å². The van der Waals surface area contributed by atoms with Gasteiger partial charge in [-0.2, -0.15) is 0 Å². The van der Waals surface area contributed by atoms with Gasteiger partial charge in [-0.25, -0.2) is 0 Å². The third kappa shape index (κ3) is 2.77. The predicted octanol–water partition coefficient (Wildman–Crippen LogP) is 8.82. The van der Waals surface area contributed by atoms with Crippen LogP contribution in [0.4, 0.5) is 0 Å². The molecule has 5 aromatic carbocycles. The van der Waals surface area contributed by atoms with Crippen molar-refractivity contribution in [1.29, 1.82) is 5.41 Å². The summed E-state index contributed by atoms with van der Waals surface area (Å²) in [5, 5.41) is 12.8. The van der Waals surface area contributed by atoms with Gasteiger partial charge in [0.25, 0.3) is 0 Å². The van der Waals surface area contributed by atoms with Crippen LogP contribution in [0.2, 0.25) is 0 Å². The standard InChI is InChI=1S/C31H20N2S/c32-19-20-7-5-8-22(17-20)33-28-13-3-1-9-24(28)27-18-21(15-16-29(27)33)23-11-6-12-26-25-10-2-4-14-30(25)34-31(23)26/h1-19,32H. The first-order valence-corrected chi connectivity index (χ1v) is 12.2. The van der Waals surface area contributed by atoms with E-state index in [2.05, 4.69) is 102 Å². The van der Waals surface area contributed by atoms with E-state index in [1.807, 2.05) is 23.5 Å². The van der Waals surface area contributed by atoms with E-state index >= 15 is 0 Å². The van der Waals surface area contributed by atoms with Crippen molar-refractivity contribution < 1.29 is 0 Å². The second-order valence-electron chi connectivity index (χ2n) is 8.60. The number of rotatable bonds is 3. The molecule has 0 fully saturated rings. The molecule has 0 aliphatic carbocycles. The Morgan fingerprint density at radius 1 is 0.618 bits per heavy atom. The first-order chi connectivity index (χ1) is 16.8. The number of nitrogens with one attached hydrogen (secondary N) is 1. The monoisotopic (exact) mass is 452 g/mol. The molecule has 0 aliphatic rings. The Morgan fingerprint density at radius 3 is 2.29 bits per heavy atom. The van der Waals surface area contributed by atoms with E-state index in [1.54, 1.807) is 0 Å². The van der Waals surface area contributed by atoms with Crippen LogP contribution >= 0.6 is 11.3 Å². The van der Waals surface area contributed by atoms with Crippen LogP contribution in [0.3, 0.4) is 0 Å². The van der Waals surface area contributed by atoms with Crippen LogP contribution in [0.25, 0.3) is 58.8 Å². The van der Waals surface area contributed by atoms with Gasteiger partial charge < -0.3 is 9.98 Å². The Bertz CT molecular complexity index is 1890. The van der Waals surface area contributed by atoms with Crippen LogP contribution < -0.4 is 0 Å². The van der Waals surface area contributed by atoms with Crippen LogP contribution in [0.5, 0.6) is 0 Å². The van der Waals surface area contributed by atoms with Crippen molar-refractivity contribution >= 4 is 59.5 Å². The molecule has 0 unspecified atom stereocenters. The molecular formula is C31H20N2S. The van der Waals surface area contributed by atoms with E-state index in [9.17, 15) is 0 Å². The lowest BCUT2D eigenvalue weighted by atomic mass is 10.0. The van der Waals surface area contributed by atoms with Gasteiger partial charge >= 0.3 is 0 Å². The molecular weight excluding hydrogens is 432 g/mol. The SMILES string of the molecule is N=Cc1cccc(-n2c3ccccc3c3cc(-c4cccc5c4sc4ccccc45)ccc32)c1. The van der Waals surface area contributed by atoms with Crippen molar-refractivity contribution in [3.8, 4) is 16.8 Å². The quantitative estimate of drug-likeness (QED) is 0.260. The summed E-state index contributed by atoms with van der Waals surface area (Å²) < 4.78 is 4.97. The maximum atomic E-state index is 7.69. The van der Waals surface area contributed by atoms with Crippen LogP contribution in [-0.2, 0) is 0 Å². The Labute approximate surface area is 200 Å². The van der Waals surface area contributed by atoms with Crippen molar-refractivity contribution in [2.75, 3.05) is 0 Å². The lowest BCUT2D eigenvalue weighted by Gasteiger charge is -2.09. The van der Waals surface area contributed by atoms with Crippen LogP contribution in [0.1, 0.15) is 5.56 Å². The number of nitrogens with zero attached hydrogens (tertiary/aromatic N) is 1. The fourth-order valence-corrected chi connectivity index (χ4v) is 6.39. The minimum Gasteiger partial charge on any atom is -0.309 e. The number of hydrogen-bond acceptors (Lipinski definition) is 2. The van der Waals surface area contributed by atoms with Crippen LogP contribution in [0.15, 0.2) is 109 Å². The van der Waals surface area contributed by atoms with Gasteiger partial charge in [0.15, 0.2) is 0 Å². The third-order valence-corrected chi connectivity index (χ3v) is 7.90. The largest absolute Gasteiger partial charge is 0.309 e. The molecule has 0 saturated carbocycles. The summed E-state index contributed by atoms with van der Waals surface area (Å²) in [5.41, 5.74) is 6.85. The van der Waals surface area contributed by atoms with E-state index in [0.29, 0.717) is 0 Å². The fourth-order valence-electron chi connectivity index (χ4n) is 5.15. The lowest BCUT2D eigenvalue weighted by molar-refractivity contribution is 1.18. The second-order valence-corrected chi connectivity index (χ2v) is 9.66. The number of aromatic nitrogens is 1. The zero-order valence-corrected chi connectivity index (χ0v) is 19.1. The summed E-state index contributed by atoms with van der Waals surface area (Å²) in [5.74, 6) is 0. The van der Waals surface area contributed by atoms with E-state index in [4.69, 9.17) is 5.41 Å². The number of fused-ring (bicyclic) bond motifs is 6. The molecule has 0 amide bonds. The predicted molar refractivity (Wildman–Crippen MR) is 147 cm³/mol. The summed E-state index contributed by atoms with van der Waals surface area (Å²) >= 11 is 1.87. The van der Waals surface area contributed by atoms with Crippen molar-refractivity contribution in [3.63, 3.8) is 0 Å². The molecule has 7 aromatic rings. The van der Waals surface area contributed by atoms with Gasteiger partial charge in [-0.05, 0) is 53.1 Å². The molecule has 7 rings (SSSR count). The molecule has 3 heteroatoms. The van der Waals surface area contributed by atoms with Gasteiger partial charge in [-0.1, -0.05) is 72.8 Å². The molecule has 0 saturated heterocycles. The molecule has 1 N–H and O–H groups in total. The number of hydrogen-bond donors (Lipinski definition) is 1. The van der Waals surface area contributed by atoms with Crippen molar-refractivity contribution in [2.24, 2.45) is 0 Å². The highest BCUT2D eigenvalue weighted by molar-refractivity contribution is 7.26. The molecule has 0 aliphatic heterocycles. The highest BCUT2D eigenvalue weighted by atomic mass is 32.1. The topological polar surface area (TPSA) is 28.8 Å². The highest BCUT2D eigenvalue weighted by Gasteiger charge is 2.15. The average Bonchev–Trinajstić information content (AvgIpc) is 3.44. The van der Waals surface area contributed by atoms with Crippen LogP contribution in [0, 0.1) is 5.41 Å². The molecule has 2 heterocycles. The van der Waals surface area contributed by atoms with Gasteiger partial charge in [0.2, 0.25) is 0 Å². The fraction of sp³-hybridized carbons (Fsp3) is 0. The Morgan fingerprint density at radius 2 is 1.38 bits per heavy atom. The van der Waals surface area contributed by atoms with Gasteiger partial charge in [-0.15, -0.1) is 11.3 Å². The number of thiophene rings is 1. The summed E-state index contributed by atoms with van der Waals surface area (Å²) in [4.78, 5) is 0. The number of para-hydroxylation sites is 1. The van der Waals surface area contributed by atoms with Crippen LogP contribution in [-0.4, -0.2) is 10.8 Å². The normalized spacial score (nSPS) is 11.6. The maximum Gasteiger partial charge on any atom is 0.0541 e. The first-order valence-electron chi connectivity index (χ1n) is 11.4. The molecule has 2 nitrogen and oxygen atoms in total. The van der Waals surface area contributed by atoms with Gasteiger partial charge in [-0.3, -0.25) is 0 Å². The van der Waals surface area contributed by atoms with Gasteiger partial charge in [0.05, 0.1) is 11.0 Å². The lowest BCUT2D eigenvalue weighted by Crippen LogP contribution is -1.94. The number of benzene rings is 5. The molecule has 2 aromatic heterocycles. The van der Waals surface area contributed by atoms with Crippen molar-refractivity contribution in [2.45, 2.75) is 0 Å². The zero-order valence-electron chi connectivity index (χ0n) is 18.3. The van der Waals surface area contributed by atoms with E-state index in [-0.39, 0.29) is 0 Å². The summed E-state index contributed by atoms with van der Waals surface area (Å²) in [6, 6.07) is 38.9. The highest BCUT2D eigenvalue weighted by Crippen LogP contribution is 2.41. The molecule has 0 radical (unpaired) electrons. The maximum absolute atomic E-state index is 7.69. The van der Waals surface area contributed by atoms with Gasteiger partial charge in [0.1, 0.15) is 0 Å². The van der Waals surface area contributed by atoms with Crippen molar-refractivity contribution in [3.05, 3.63) is 115 Å². The minimum absolute atomic E-state index is 0.900. The molecule has 0 atom stereocenters. The molecule has 0 spiro atoms. The smallest absolute Gasteiger partial charge is 0.0541 e. The first kappa shape index (κ1) is 19.3. The average molecular weight is 453 g/mol. The molecule has 0 bridgehead atoms. The minimum atomic E-state index is 0.900. The summed E-state index contributed by atoms with van der Waals surface area (Å²) in [6.45, 7) is 0.